The molecule has 170 valence electrons. The fourth-order valence-corrected chi connectivity index (χ4v) is 5.28. The van der Waals surface area contributed by atoms with Gasteiger partial charge in [-0.2, -0.15) is 0 Å². The standard InChI is InChI=1S/C23H34FN5O2/c24-19-4-6-20(7-5-19)27-14-16-28(17-15-27)21(30)18-26-12-8-23(9-13-26,22(25)31)29-10-2-1-3-11-29/h4-7H,1-3,8-18H2,(H2,25,31). The first-order chi connectivity index (χ1) is 15.0. The smallest absolute Gasteiger partial charge is 0.238 e. The van der Waals surface area contributed by atoms with Crippen molar-refractivity contribution in [2.75, 3.05) is 63.8 Å². The van der Waals surface area contributed by atoms with Crippen molar-refractivity contribution in [2.45, 2.75) is 37.6 Å². The number of amides is 2. The molecule has 1 aromatic rings. The molecule has 0 aliphatic carbocycles. The third-order valence-corrected chi connectivity index (χ3v) is 7.29. The summed E-state index contributed by atoms with van der Waals surface area (Å²) >= 11 is 0. The monoisotopic (exact) mass is 431 g/mol. The Balaban J connectivity index is 1.26. The van der Waals surface area contributed by atoms with Crippen molar-refractivity contribution in [3.05, 3.63) is 30.1 Å². The quantitative estimate of drug-likeness (QED) is 0.760. The molecule has 3 fully saturated rings. The SMILES string of the molecule is NC(=O)C1(N2CCCCC2)CCN(CC(=O)N2CCN(c3ccc(F)cc3)CC2)CC1. The van der Waals surface area contributed by atoms with Gasteiger partial charge in [-0.25, -0.2) is 4.39 Å². The van der Waals surface area contributed by atoms with Gasteiger partial charge in [0.1, 0.15) is 11.4 Å². The van der Waals surface area contributed by atoms with Crippen molar-refractivity contribution in [1.29, 1.82) is 0 Å². The second-order valence-corrected chi connectivity index (χ2v) is 9.06. The number of hydrogen-bond donors (Lipinski definition) is 1. The third kappa shape index (κ3) is 4.85. The van der Waals surface area contributed by atoms with E-state index in [9.17, 15) is 14.0 Å². The van der Waals surface area contributed by atoms with Gasteiger partial charge in [0.05, 0.1) is 6.54 Å². The predicted molar refractivity (Wildman–Crippen MR) is 118 cm³/mol. The van der Waals surface area contributed by atoms with Crippen molar-refractivity contribution >= 4 is 17.5 Å². The van der Waals surface area contributed by atoms with E-state index in [1.54, 1.807) is 12.1 Å². The molecule has 1 aromatic carbocycles. The van der Waals surface area contributed by atoms with Crippen LogP contribution in [0, 0.1) is 5.82 Å². The second kappa shape index (κ2) is 9.53. The second-order valence-electron chi connectivity index (χ2n) is 9.06. The van der Waals surface area contributed by atoms with Crippen molar-refractivity contribution in [2.24, 2.45) is 5.73 Å². The van der Waals surface area contributed by atoms with Crippen LogP contribution in [-0.4, -0.2) is 91.0 Å². The summed E-state index contributed by atoms with van der Waals surface area (Å²) in [7, 11) is 0. The van der Waals surface area contributed by atoms with Gasteiger partial charge in [-0.1, -0.05) is 6.42 Å². The molecular weight excluding hydrogens is 397 g/mol. The highest BCUT2D eigenvalue weighted by molar-refractivity contribution is 5.85. The molecule has 3 aliphatic rings. The molecule has 0 saturated carbocycles. The van der Waals surface area contributed by atoms with E-state index in [1.165, 1.54) is 18.6 Å². The Morgan fingerprint density at radius 3 is 2.06 bits per heavy atom. The summed E-state index contributed by atoms with van der Waals surface area (Å²) in [4.78, 5) is 33.8. The molecule has 0 atom stereocenters. The van der Waals surface area contributed by atoms with Crippen LogP contribution in [0.15, 0.2) is 24.3 Å². The number of benzene rings is 1. The number of likely N-dealkylation sites (tertiary alicyclic amines) is 2. The number of piperidine rings is 2. The molecular formula is C23H34FN5O2. The highest BCUT2D eigenvalue weighted by atomic mass is 19.1. The van der Waals surface area contributed by atoms with Gasteiger partial charge in [-0.3, -0.25) is 19.4 Å². The highest BCUT2D eigenvalue weighted by Crippen LogP contribution is 2.31. The molecule has 0 bridgehead atoms. The Morgan fingerprint density at radius 2 is 1.48 bits per heavy atom. The summed E-state index contributed by atoms with van der Waals surface area (Å²) in [6.07, 6.45) is 4.88. The molecule has 2 N–H and O–H groups in total. The number of nitrogens with two attached hydrogens (primary N) is 1. The van der Waals surface area contributed by atoms with Gasteiger partial charge in [-0.15, -0.1) is 0 Å². The molecule has 2 amide bonds. The summed E-state index contributed by atoms with van der Waals surface area (Å²) in [6.45, 7) is 6.56. The van der Waals surface area contributed by atoms with E-state index in [0.717, 1.165) is 57.8 Å². The van der Waals surface area contributed by atoms with Crippen LogP contribution in [0.4, 0.5) is 10.1 Å². The molecule has 3 aliphatic heterocycles. The lowest BCUT2D eigenvalue weighted by atomic mass is 9.83. The fraction of sp³-hybridized carbons (Fsp3) is 0.652. The van der Waals surface area contributed by atoms with Crippen molar-refractivity contribution in [3.8, 4) is 0 Å². The average molecular weight is 432 g/mol. The summed E-state index contributed by atoms with van der Waals surface area (Å²) in [5.74, 6) is -0.305. The first-order valence-electron chi connectivity index (χ1n) is 11.5. The van der Waals surface area contributed by atoms with Gasteiger partial charge in [0.2, 0.25) is 11.8 Å². The maximum Gasteiger partial charge on any atom is 0.238 e. The Morgan fingerprint density at radius 1 is 0.871 bits per heavy atom. The summed E-state index contributed by atoms with van der Waals surface area (Å²) < 4.78 is 13.1. The predicted octanol–water partition coefficient (Wildman–Crippen LogP) is 1.28. The zero-order valence-electron chi connectivity index (χ0n) is 18.3. The van der Waals surface area contributed by atoms with Crippen LogP contribution in [0.1, 0.15) is 32.1 Å². The van der Waals surface area contributed by atoms with Gasteiger partial charge in [0.25, 0.3) is 0 Å². The Labute approximate surface area is 183 Å². The first kappa shape index (κ1) is 22.0. The molecule has 0 radical (unpaired) electrons. The lowest BCUT2D eigenvalue weighted by Gasteiger charge is -2.48. The minimum absolute atomic E-state index is 0.142. The number of rotatable bonds is 5. The average Bonchev–Trinajstić information content (AvgIpc) is 2.81. The fourth-order valence-electron chi connectivity index (χ4n) is 5.28. The summed E-state index contributed by atoms with van der Waals surface area (Å²) in [5, 5.41) is 0. The van der Waals surface area contributed by atoms with E-state index in [0.29, 0.717) is 32.5 Å². The molecule has 7 nitrogen and oxygen atoms in total. The van der Waals surface area contributed by atoms with Crippen molar-refractivity contribution in [1.82, 2.24) is 14.7 Å². The molecule has 0 unspecified atom stereocenters. The molecule has 3 heterocycles. The zero-order valence-corrected chi connectivity index (χ0v) is 18.3. The largest absolute Gasteiger partial charge is 0.368 e. The van der Waals surface area contributed by atoms with E-state index >= 15 is 0 Å². The zero-order chi connectivity index (χ0) is 21.8. The number of carbonyl (C=O) groups excluding carboxylic acids is 2. The molecule has 3 saturated heterocycles. The van der Waals surface area contributed by atoms with Crippen LogP contribution >= 0.6 is 0 Å². The Kier molecular flexibility index (Phi) is 6.77. The summed E-state index contributed by atoms with van der Waals surface area (Å²) in [6, 6.07) is 6.51. The first-order valence-corrected chi connectivity index (χ1v) is 11.5. The molecule has 8 heteroatoms. The highest BCUT2D eigenvalue weighted by Gasteiger charge is 2.45. The normalized spacial score (nSPS) is 23.0. The van der Waals surface area contributed by atoms with Gasteiger partial charge < -0.3 is 15.5 Å². The number of primary amides is 1. The van der Waals surface area contributed by atoms with E-state index < -0.39 is 5.54 Å². The van der Waals surface area contributed by atoms with Gasteiger partial charge in [0.15, 0.2) is 0 Å². The van der Waals surface area contributed by atoms with E-state index in [4.69, 9.17) is 5.73 Å². The number of anilines is 1. The van der Waals surface area contributed by atoms with Crippen LogP contribution in [0.25, 0.3) is 0 Å². The number of nitrogens with zero attached hydrogens (tertiary/aromatic N) is 4. The van der Waals surface area contributed by atoms with Gasteiger partial charge >= 0.3 is 0 Å². The van der Waals surface area contributed by atoms with Crippen molar-refractivity contribution in [3.63, 3.8) is 0 Å². The van der Waals surface area contributed by atoms with Crippen molar-refractivity contribution < 1.29 is 14.0 Å². The Bertz CT molecular complexity index is 765. The molecule has 4 rings (SSSR count). The maximum atomic E-state index is 13.1. The number of piperazine rings is 1. The van der Waals surface area contributed by atoms with E-state index in [-0.39, 0.29) is 17.6 Å². The minimum atomic E-state index is -0.541. The lowest BCUT2D eigenvalue weighted by molar-refractivity contribution is -0.137. The van der Waals surface area contributed by atoms with Crippen LogP contribution < -0.4 is 10.6 Å². The lowest BCUT2D eigenvalue weighted by Crippen LogP contribution is -2.63. The third-order valence-electron chi connectivity index (χ3n) is 7.29. The van der Waals surface area contributed by atoms with Gasteiger partial charge in [-0.05, 0) is 63.0 Å². The minimum Gasteiger partial charge on any atom is -0.368 e. The van der Waals surface area contributed by atoms with E-state index in [1.807, 2.05) is 4.90 Å². The number of hydrogen-bond acceptors (Lipinski definition) is 5. The van der Waals surface area contributed by atoms with Crippen LogP contribution in [0.2, 0.25) is 0 Å². The van der Waals surface area contributed by atoms with Crippen LogP contribution in [-0.2, 0) is 9.59 Å². The summed E-state index contributed by atoms with van der Waals surface area (Å²) in [5.41, 5.74) is 6.32. The van der Waals surface area contributed by atoms with Crippen LogP contribution in [0.5, 0.6) is 0 Å². The number of halogens is 1. The molecule has 0 spiro atoms. The Hall–Kier alpha value is -2.19. The molecule has 31 heavy (non-hydrogen) atoms. The van der Waals surface area contributed by atoms with E-state index in [2.05, 4.69) is 14.7 Å². The van der Waals surface area contributed by atoms with Gasteiger partial charge in [0, 0.05) is 45.0 Å². The topological polar surface area (TPSA) is 73.1 Å². The number of carbonyl (C=O) groups is 2. The van der Waals surface area contributed by atoms with Crippen LogP contribution in [0.3, 0.4) is 0 Å². The molecule has 0 aromatic heterocycles. The maximum absolute atomic E-state index is 13.1.